The zero-order valence-corrected chi connectivity index (χ0v) is 9.39. The fourth-order valence-electron chi connectivity index (χ4n) is 1.69. The zero-order chi connectivity index (χ0) is 12.3. The van der Waals surface area contributed by atoms with Crippen molar-refractivity contribution in [2.45, 2.75) is 13.1 Å². The molecular formula is C13H12FNO2. The highest BCUT2D eigenvalue weighted by molar-refractivity contribution is 5.88. The summed E-state index contributed by atoms with van der Waals surface area (Å²) >= 11 is 0. The van der Waals surface area contributed by atoms with E-state index in [1.165, 1.54) is 0 Å². The summed E-state index contributed by atoms with van der Waals surface area (Å²) in [7, 11) is 0. The largest absolute Gasteiger partial charge is 0.464 e. The second kappa shape index (κ2) is 4.91. The first kappa shape index (κ1) is 11.5. The van der Waals surface area contributed by atoms with Gasteiger partial charge in [-0.15, -0.1) is 0 Å². The molecule has 1 aromatic heterocycles. The third kappa shape index (κ3) is 2.25. The van der Waals surface area contributed by atoms with Crippen molar-refractivity contribution < 1.29 is 13.9 Å². The van der Waals surface area contributed by atoms with E-state index in [-0.39, 0.29) is 6.61 Å². The van der Waals surface area contributed by atoms with Gasteiger partial charge in [-0.3, -0.25) is 4.98 Å². The summed E-state index contributed by atoms with van der Waals surface area (Å²) in [5.74, 6) is -0.858. The Bertz CT molecular complexity index is 536. The Morgan fingerprint density at radius 1 is 1.41 bits per heavy atom. The number of nitrogens with zero attached hydrogens (tertiary/aromatic N) is 1. The fraction of sp³-hybridized carbons (Fsp3) is 0.231. The van der Waals surface area contributed by atoms with Crippen molar-refractivity contribution >= 4 is 16.9 Å². The lowest BCUT2D eigenvalue weighted by Crippen LogP contribution is -2.12. The number of esters is 1. The first-order valence-corrected chi connectivity index (χ1v) is 5.38. The van der Waals surface area contributed by atoms with E-state index >= 15 is 0 Å². The molecular weight excluding hydrogens is 221 g/mol. The van der Waals surface area contributed by atoms with E-state index in [9.17, 15) is 9.18 Å². The van der Waals surface area contributed by atoms with Crippen molar-refractivity contribution in [2.24, 2.45) is 0 Å². The van der Waals surface area contributed by atoms with E-state index in [1.807, 2.05) is 0 Å². The number of hydrogen-bond donors (Lipinski definition) is 0. The number of halogens is 1. The molecule has 0 saturated heterocycles. The predicted molar refractivity (Wildman–Crippen MR) is 62.2 cm³/mol. The van der Waals surface area contributed by atoms with E-state index in [0.717, 1.165) is 0 Å². The van der Waals surface area contributed by atoms with Crippen LogP contribution < -0.4 is 0 Å². The normalized spacial score (nSPS) is 12.4. The van der Waals surface area contributed by atoms with Crippen LogP contribution in [-0.2, 0) is 9.53 Å². The third-order valence-electron chi connectivity index (χ3n) is 2.45. The van der Waals surface area contributed by atoms with E-state index in [0.29, 0.717) is 16.5 Å². The van der Waals surface area contributed by atoms with Crippen LogP contribution in [0.2, 0.25) is 0 Å². The molecule has 1 atom stereocenters. The van der Waals surface area contributed by atoms with Crippen LogP contribution >= 0.6 is 0 Å². The number of alkyl halides is 1. The van der Waals surface area contributed by atoms with Crippen molar-refractivity contribution in [3.05, 3.63) is 42.1 Å². The van der Waals surface area contributed by atoms with Gasteiger partial charge in [-0.25, -0.2) is 9.18 Å². The van der Waals surface area contributed by atoms with Gasteiger partial charge in [0, 0.05) is 17.1 Å². The number of benzene rings is 1. The summed E-state index contributed by atoms with van der Waals surface area (Å²) in [6.45, 7) is 1.82. The maximum atomic E-state index is 13.9. The number of rotatable bonds is 3. The molecule has 0 N–H and O–H groups in total. The van der Waals surface area contributed by atoms with Gasteiger partial charge in [0.25, 0.3) is 0 Å². The Kier molecular flexibility index (Phi) is 3.32. The first-order chi connectivity index (χ1) is 8.24. The quantitative estimate of drug-likeness (QED) is 0.765. The van der Waals surface area contributed by atoms with Gasteiger partial charge in [-0.1, -0.05) is 18.2 Å². The highest BCUT2D eigenvalue weighted by atomic mass is 19.1. The summed E-state index contributed by atoms with van der Waals surface area (Å²) in [5, 5.41) is 0.635. The monoisotopic (exact) mass is 233 g/mol. The van der Waals surface area contributed by atoms with Gasteiger partial charge in [0.05, 0.1) is 12.1 Å². The molecule has 0 radical (unpaired) electrons. The van der Waals surface area contributed by atoms with Crippen LogP contribution in [0.3, 0.4) is 0 Å². The minimum atomic E-state index is -1.76. The van der Waals surface area contributed by atoms with Crippen molar-refractivity contribution in [3.8, 4) is 0 Å². The van der Waals surface area contributed by atoms with E-state index in [2.05, 4.69) is 9.72 Å². The van der Waals surface area contributed by atoms with Crippen LogP contribution in [0.15, 0.2) is 36.5 Å². The molecule has 0 aliphatic rings. The lowest BCUT2D eigenvalue weighted by atomic mass is 10.0. The average molecular weight is 233 g/mol. The Hall–Kier alpha value is -1.97. The summed E-state index contributed by atoms with van der Waals surface area (Å²) < 4.78 is 18.6. The molecule has 2 rings (SSSR count). The highest BCUT2D eigenvalue weighted by Crippen LogP contribution is 2.26. The highest BCUT2D eigenvalue weighted by Gasteiger charge is 2.22. The molecule has 0 saturated carbocycles. The molecule has 0 amide bonds. The molecule has 17 heavy (non-hydrogen) atoms. The van der Waals surface area contributed by atoms with E-state index in [4.69, 9.17) is 0 Å². The molecule has 0 fully saturated rings. The molecule has 1 aromatic carbocycles. The number of fused-ring (bicyclic) bond motifs is 1. The Morgan fingerprint density at radius 2 is 2.24 bits per heavy atom. The molecule has 0 aliphatic carbocycles. The minimum Gasteiger partial charge on any atom is -0.464 e. The zero-order valence-electron chi connectivity index (χ0n) is 9.39. The Labute approximate surface area is 98.2 Å². The molecule has 0 spiro atoms. The second-order valence-electron chi connectivity index (χ2n) is 3.53. The number of pyridine rings is 1. The minimum absolute atomic E-state index is 0.169. The number of aromatic nitrogens is 1. The molecule has 0 bridgehead atoms. The number of carbonyl (C=O) groups excluding carboxylic acids is 1. The summed E-state index contributed by atoms with van der Waals surface area (Å²) in [5.41, 5.74) is 0.964. The lowest BCUT2D eigenvalue weighted by molar-refractivity contribution is -0.149. The average Bonchev–Trinajstić information content (AvgIpc) is 2.37. The van der Waals surface area contributed by atoms with E-state index < -0.39 is 12.1 Å². The number of hydrogen-bond acceptors (Lipinski definition) is 3. The Balaban J connectivity index is 2.44. The lowest BCUT2D eigenvalue weighted by Gasteiger charge is -2.10. The van der Waals surface area contributed by atoms with Crippen molar-refractivity contribution in [1.82, 2.24) is 4.98 Å². The van der Waals surface area contributed by atoms with Crippen LogP contribution in [0.25, 0.3) is 10.9 Å². The number of carbonyl (C=O) groups is 1. The van der Waals surface area contributed by atoms with Gasteiger partial charge in [0.15, 0.2) is 0 Å². The van der Waals surface area contributed by atoms with Gasteiger partial charge in [0.1, 0.15) is 0 Å². The molecule has 1 heterocycles. The first-order valence-electron chi connectivity index (χ1n) is 5.38. The molecule has 2 aromatic rings. The predicted octanol–water partition coefficient (Wildman–Crippen LogP) is 2.81. The third-order valence-corrected chi connectivity index (χ3v) is 2.45. The Morgan fingerprint density at radius 3 is 3.00 bits per heavy atom. The van der Waals surface area contributed by atoms with Gasteiger partial charge in [-0.2, -0.15) is 0 Å². The van der Waals surface area contributed by atoms with Gasteiger partial charge < -0.3 is 4.74 Å². The number of ether oxygens (including phenoxy) is 1. The standard InChI is InChI=1S/C13H12FNO2/c1-2-17-13(16)12(14)10-5-3-7-11-9(10)6-4-8-15-11/h3-8,12H,2H2,1H3. The molecule has 3 nitrogen and oxygen atoms in total. The topological polar surface area (TPSA) is 39.2 Å². The van der Waals surface area contributed by atoms with Crippen LogP contribution in [0, 0.1) is 0 Å². The van der Waals surface area contributed by atoms with Crippen LogP contribution in [-0.4, -0.2) is 17.6 Å². The smallest absolute Gasteiger partial charge is 0.345 e. The van der Waals surface area contributed by atoms with Crippen molar-refractivity contribution in [3.63, 3.8) is 0 Å². The van der Waals surface area contributed by atoms with Crippen LogP contribution in [0.4, 0.5) is 4.39 Å². The SMILES string of the molecule is CCOC(=O)C(F)c1cccc2ncccc12. The van der Waals surface area contributed by atoms with Crippen LogP contribution in [0.1, 0.15) is 18.7 Å². The maximum Gasteiger partial charge on any atom is 0.345 e. The molecule has 0 aliphatic heterocycles. The van der Waals surface area contributed by atoms with Crippen LogP contribution in [0.5, 0.6) is 0 Å². The second-order valence-corrected chi connectivity index (χ2v) is 3.53. The van der Waals surface area contributed by atoms with Crippen molar-refractivity contribution in [1.29, 1.82) is 0 Å². The fourth-order valence-corrected chi connectivity index (χ4v) is 1.69. The van der Waals surface area contributed by atoms with Gasteiger partial charge >= 0.3 is 5.97 Å². The summed E-state index contributed by atoms with van der Waals surface area (Å²) in [6.07, 6.45) is -0.133. The van der Waals surface area contributed by atoms with E-state index in [1.54, 1.807) is 43.5 Å². The molecule has 4 heteroatoms. The summed E-state index contributed by atoms with van der Waals surface area (Å²) in [4.78, 5) is 15.5. The summed E-state index contributed by atoms with van der Waals surface area (Å²) in [6, 6.07) is 8.48. The van der Waals surface area contributed by atoms with Gasteiger partial charge in [0.2, 0.25) is 6.17 Å². The van der Waals surface area contributed by atoms with Crippen molar-refractivity contribution in [2.75, 3.05) is 6.61 Å². The van der Waals surface area contributed by atoms with Gasteiger partial charge in [-0.05, 0) is 19.1 Å². The molecule has 88 valence electrons. The molecule has 1 unspecified atom stereocenters. The maximum absolute atomic E-state index is 13.9.